The molecule has 0 saturated carbocycles. The van der Waals surface area contributed by atoms with Crippen LogP contribution in [0.3, 0.4) is 0 Å². The molecule has 1 aromatic heterocycles. The SMILES string of the molecule is CNC1(c2ncc(C)o2)COC(C)(C)OC1. The van der Waals surface area contributed by atoms with Gasteiger partial charge in [0.05, 0.1) is 19.4 Å². The zero-order valence-electron chi connectivity index (χ0n) is 10.2. The van der Waals surface area contributed by atoms with Crippen molar-refractivity contribution in [3.8, 4) is 0 Å². The molecule has 2 rings (SSSR count). The first kappa shape index (κ1) is 11.6. The van der Waals surface area contributed by atoms with Crippen LogP contribution >= 0.6 is 0 Å². The summed E-state index contributed by atoms with van der Waals surface area (Å²) in [6.07, 6.45) is 1.70. The molecule has 1 fully saturated rings. The predicted octanol–water partition coefficient (Wildman–Crippen LogP) is 1.18. The predicted molar refractivity (Wildman–Crippen MR) is 58.0 cm³/mol. The molecule has 0 atom stereocenters. The molecule has 5 nitrogen and oxygen atoms in total. The molecule has 0 aliphatic carbocycles. The minimum Gasteiger partial charge on any atom is -0.444 e. The van der Waals surface area contributed by atoms with Gasteiger partial charge in [-0.15, -0.1) is 0 Å². The molecular formula is C11H18N2O3. The highest BCUT2D eigenvalue weighted by Gasteiger charge is 2.43. The Morgan fingerprint density at radius 1 is 1.31 bits per heavy atom. The van der Waals surface area contributed by atoms with Crippen LogP contribution < -0.4 is 5.32 Å². The van der Waals surface area contributed by atoms with E-state index in [1.165, 1.54) is 0 Å². The molecule has 1 aromatic rings. The molecule has 0 aromatic carbocycles. The van der Waals surface area contributed by atoms with Crippen LogP contribution in [-0.2, 0) is 15.0 Å². The third-order valence-electron chi connectivity index (χ3n) is 2.84. The fourth-order valence-corrected chi connectivity index (χ4v) is 1.63. The van der Waals surface area contributed by atoms with Crippen LogP contribution in [0.4, 0.5) is 0 Å². The second-order valence-corrected chi connectivity index (χ2v) is 4.59. The summed E-state index contributed by atoms with van der Waals surface area (Å²) in [6, 6.07) is 0. The first-order valence-corrected chi connectivity index (χ1v) is 5.37. The van der Waals surface area contributed by atoms with Gasteiger partial charge in [-0.25, -0.2) is 4.98 Å². The Balaban J connectivity index is 2.22. The Morgan fingerprint density at radius 3 is 2.38 bits per heavy atom. The van der Waals surface area contributed by atoms with Gasteiger partial charge >= 0.3 is 0 Å². The second kappa shape index (κ2) is 3.84. The summed E-state index contributed by atoms with van der Waals surface area (Å²) in [6.45, 7) is 6.63. The second-order valence-electron chi connectivity index (χ2n) is 4.59. The van der Waals surface area contributed by atoms with E-state index in [-0.39, 0.29) is 0 Å². The molecule has 16 heavy (non-hydrogen) atoms. The maximum atomic E-state index is 5.65. The number of rotatable bonds is 2. The molecule has 2 heterocycles. The summed E-state index contributed by atoms with van der Waals surface area (Å²) >= 11 is 0. The molecule has 0 amide bonds. The molecule has 90 valence electrons. The van der Waals surface area contributed by atoms with Gasteiger partial charge in [0.15, 0.2) is 5.79 Å². The number of likely N-dealkylation sites (N-methyl/N-ethyl adjacent to an activating group) is 1. The highest BCUT2D eigenvalue weighted by atomic mass is 16.7. The van der Waals surface area contributed by atoms with Crippen molar-refractivity contribution in [2.45, 2.75) is 32.1 Å². The van der Waals surface area contributed by atoms with E-state index in [2.05, 4.69) is 10.3 Å². The van der Waals surface area contributed by atoms with Crippen LogP contribution in [0.1, 0.15) is 25.5 Å². The van der Waals surface area contributed by atoms with Gasteiger partial charge in [-0.3, -0.25) is 0 Å². The van der Waals surface area contributed by atoms with Gasteiger partial charge in [-0.05, 0) is 27.8 Å². The Hall–Kier alpha value is -0.910. The highest BCUT2D eigenvalue weighted by molar-refractivity contribution is 5.07. The van der Waals surface area contributed by atoms with Crippen molar-refractivity contribution < 1.29 is 13.9 Å². The Labute approximate surface area is 95.1 Å². The van der Waals surface area contributed by atoms with Gasteiger partial charge in [-0.2, -0.15) is 0 Å². The quantitative estimate of drug-likeness (QED) is 0.820. The standard InChI is InChI=1S/C11H18N2O3/c1-8-5-13-9(16-8)11(12-4)6-14-10(2,3)15-7-11/h5,12H,6-7H2,1-4H3. The summed E-state index contributed by atoms with van der Waals surface area (Å²) in [5.41, 5.74) is -0.482. The summed E-state index contributed by atoms with van der Waals surface area (Å²) in [5, 5.41) is 3.18. The first-order valence-electron chi connectivity index (χ1n) is 5.37. The van der Waals surface area contributed by atoms with E-state index in [4.69, 9.17) is 13.9 Å². The van der Waals surface area contributed by atoms with E-state index in [1.807, 2.05) is 27.8 Å². The minimum absolute atomic E-state index is 0.482. The number of nitrogens with one attached hydrogen (secondary N) is 1. The van der Waals surface area contributed by atoms with Crippen molar-refractivity contribution in [3.63, 3.8) is 0 Å². The zero-order chi connectivity index (χ0) is 11.8. The summed E-state index contributed by atoms with van der Waals surface area (Å²) in [7, 11) is 1.85. The lowest BCUT2D eigenvalue weighted by molar-refractivity contribution is -0.275. The molecule has 0 unspecified atom stereocenters. The first-order chi connectivity index (χ1) is 7.47. The molecule has 0 radical (unpaired) electrons. The van der Waals surface area contributed by atoms with Gasteiger partial charge in [0.1, 0.15) is 11.3 Å². The molecule has 5 heteroatoms. The van der Waals surface area contributed by atoms with Gasteiger partial charge in [-0.1, -0.05) is 0 Å². The third-order valence-corrected chi connectivity index (χ3v) is 2.84. The van der Waals surface area contributed by atoms with Crippen molar-refractivity contribution >= 4 is 0 Å². The normalized spacial score (nSPS) is 23.2. The lowest BCUT2D eigenvalue weighted by atomic mass is 10.0. The smallest absolute Gasteiger partial charge is 0.219 e. The molecule has 1 saturated heterocycles. The topological polar surface area (TPSA) is 56.5 Å². The summed E-state index contributed by atoms with van der Waals surface area (Å²) < 4.78 is 16.9. The maximum absolute atomic E-state index is 5.65. The highest BCUT2D eigenvalue weighted by Crippen LogP contribution is 2.30. The van der Waals surface area contributed by atoms with Crippen molar-refractivity contribution in [2.24, 2.45) is 0 Å². The van der Waals surface area contributed by atoms with Crippen molar-refractivity contribution in [1.82, 2.24) is 10.3 Å². The van der Waals surface area contributed by atoms with Crippen LogP contribution in [0.5, 0.6) is 0 Å². The molecule has 1 aliphatic heterocycles. The summed E-state index contributed by atoms with van der Waals surface area (Å²) in [4.78, 5) is 4.24. The number of nitrogens with zero attached hydrogens (tertiary/aromatic N) is 1. The zero-order valence-corrected chi connectivity index (χ0v) is 10.2. The largest absolute Gasteiger partial charge is 0.444 e. The molecular weight excluding hydrogens is 208 g/mol. The van der Waals surface area contributed by atoms with Gasteiger partial charge in [0, 0.05) is 0 Å². The Bertz CT molecular complexity index is 363. The number of aryl methyl sites for hydroxylation is 1. The summed E-state index contributed by atoms with van der Waals surface area (Å²) in [5.74, 6) is 0.861. The number of hydrogen-bond donors (Lipinski definition) is 1. The lowest BCUT2D eigenvalue weighted by Crippen LogP contribution is -2.56. The molecule has 1 N–H and O–H groups in total. The number of oxazole rings is 1. The maximum Gasteiger partial charge on any atom is 0.219 e. The van der Waals surface area contributed by atoms with Crippen LogP contribution in [0, 0.1) is 6.92 Å². The molecule has 0 bridgehead atoms. The number of ether oxygens (including phenoxy) is 2. The monoisotopic (exact) mass is 226 g/mol. The van der Waals surface area contributed by atoms with E-state index in [1.54, 1.807) is 6.20 Å². The van der Waals surface area contributed by atoms with Crippen molar-refractivity contribution in [2.75, 3.05) is 20.3 Å². The van der Waals surface area contributed by atoms with Gasteiger partial charge in [0.2, 0.25) is 5.89 Å². The Morgan fingerprint density at radius 2 is 1.94 bits per heavy atom. The van der Waals surface area contributed by atoms with Crippen molar-refractivity contribution in [1.29, 1.82) is 0 Å². The number of aromatic nitrogens is 1. The van der Waals surface area contributed by atoms with E-state index in [0.29, 0.717) is 19.1 Å². The van der Waals surface area contributed by atoms with E-state index < -0.39 is 11.3 Å². The van der Waals surface area contributed by atoms with Crippen LogP contribution in [-0.4, -0.2) is 31.0 Å². The minimum atomic E-state index is -0.540. The average Bonchev–Trinajstić information content (AvgIpc) is 2.66. The van der Waals surface area contributed by atoms with E-state index >= 15 is 0 Å². The third kappa shape index (κ3) is 1.98. The van der Waals surface area contributed by atoms with E-state index in [0.717, 1.165) is 5.76 Å². The fourth-order valence-electron chi connectivity index (χ4n) is 1.63. The van der Waals surface area contributed by atoms with Crippen LogP contribution in [0.15, 0.2) is 10.6 Å². The number of hydrogen-bond acceptors (Lipinski definition) is 5. The lowest BCUT2D eigenvalue weighted by Gasteiger charge is -2.41. The fraction of sp³-hybridized carbons (Fsp3) is 0.727. The van der Waals surface area contributed by atoms with Gasteiger partial charge < -0.3 is 19.2 Å². The average molecular weight is 226 g/mol. The molecule has 0 spiro atoms. The molecule has 1 aliphatic rings. The van der Waals surface area contributed by atoms with Crippen LogP contribution in [0.2, 0.25) is 0 Å². The Kier molecular flexibility index (Phi) is 2.77. The van der Waals surface area contributed by atoms with E-state index in [9.17, 15) is 0 Å². The van der Waals surface area contributed by atoms with Crippen LogP contribution in [0.25, 0.3) is 0 Å². The van der Waals surface area contributed by atoms with Gasteiger partial charge in [0.25, 0.3) is 0 Å². The van der Waals surface area contributed by atoms with Crippen molar-refractivity contribution in [3.05, 3.63) is 17.8 Å².